The molecule has 0 aliphatic rings. The summed E-state index contributed by atoms with van der Waals surface area (Å²) in [7, 11) is 0. The molecule has 0 N–H and O–H groups in total. The fraction of sp³-hybridized carbons (Fsp3) is 0.200. The van der Waals surface area contributed by atoms with E-state index in [2.05, 4.69) is 9.72 Å². The Hall–Kier alpha value is -2.26. The Morgan fingerprint density at radius 2 is 1.88 bits per heavy atom. The number of hydrogen-bond acceptors (Lipinski definition) is 5. The third-order valence-electron chi connectivity index (χ3n) is 3.00. The summed E-state index contributed by atoms with van der Waals surface area (Å²) in [5.41, 5.74) is -0.761. The minimum atomic E-state index is -4.61. The lowest BCUT2D eigenvalue weighted by atomic mass is 10.2. The summed E-state index contributed by atoms with van der Waals surface area (Å²) in [6.45, 7) is 0.782. The van der Waals surface area contributed by atoms with Gasteiger partial charge >= 0.3 is 6.18 Å². The van der Waals surface area contributed by atoms with Gasteiger partial charge in [-0.25, -0.2) is 9.37 Å². The van der Waals surface area contributed by atoms with Crippen LogP contribution in [0.25, 0.3) is 0 Å². The Morgan fingerprint density at radius 3 is 2.42 bits per heavy atom. The van der Waals surface area contributed by atoms with E-state index in [0.717, 1.165) is 25.3 Å². The number of ether oxygens (including phenoxy) is 2. The highest BCUT2D eigenvalue weighted by atomic mass is 35.5. The van der Waals surface area contributed by atoms with Crippen molar-refractivity contribution in [1.82, 2.24) is 4.98 Å². The number of nitrogens with zero attached hydrogens (tertiary/aromatic N) is 1. The van der Waals surface area contributed by atoms with E-state index in [-0.39, 0.29) is 21.5 Å². The van der Waals surface area contributed by atoms with Crippen LogP contribution >= 0.6 is 23.2 Å². The minimum absolute atomic E-state index is 0.0930. The number of carbonyl (C=O) groups is 1. The van der Waals surface area contributed by atoms with Crippen LogP contribution < -0.4 is 14.6 Å². The van der Waals surface area contributed by atoms with E-state index in [1.807, 2.05) is 0 Å². The van der Waals surface area contributed by atoms with Crippen LogP contribution in [-0.2, 0) is 0 Å². The van der Waals surface area contributed by atoms with Crippen molar-refractivity contribution < 1.29 is 36.9 Å². The van der Waals surface area contributed by atoms with Gasteiger partial charge in [-0.2, -0.15) is 13.2 Å². The molecule has 0 saturated carbocycles. The molecule has 0 spiro atoms. The smallest absolute Gasteiger partial charge is 0.425 e. The second-order valence-electron chi connectivity index (χ2n) is 4.91. The quantitative estimate of drug-likeness (QED) is 0.693. The maximum atomic E-state index is 13.7. The van der Waals surface area contributed by atoms with Crippen LogP contribution in [0.2, 0.25) is 10.0 Å². The van der Waals surface area contributed by atoms with Gasteiger partial charge in [0, 0.05) is 17.7 Å². The Kier molecular flexibility index (Phi) is 5.82. The zero-order valence-electron chi connectivity index (χ0n) is 12.7. The number of alkyl halides is 3. The molecule has 1 atom stereocenters. The molecule has 0 radical (unpaired) electrons. The summed E-state index contributed by atoms with van der Waals surface area (Å²) in [4.78, 5) is 14.3. The zero-order chi connectivity index (χ0) is 19.6. The molecule has 2 aromatic rings. The molecule has 26 heavy (non-hydrogen) atoms. The summed E-state index contributed by atoms with van der Waals surface area (Å²) in [6, 6.07) is 2.57. The third-order valence-corrected chi connectivity index (χ3v) is 3.57. The second kappa shape index (κ2) is 7.55. The fourth-order valence-corrected chi connectivity index (χ4v) is 2.08. The number of hydrogen-bond donors (Lipinski definition) is 0. The van der Waals surface area contributed by atoms with Gasteiger partial charge in [-0.15, -0.1) is 0 Å². The number of carboxylic acid groups (broad SMARTS) is 1. The minimum Gasteiger partial charge on any atom is -0.545 e. The molecule has 2 rings (SSSR count). The average molecular weight is 413 g/mol. The van der Waals surface area contributed by atoms with E-state index in [9.17, 15) is 27.5 Å². The summed E-state index contributed by atoms with van der Waals surface area (Å²) < 4.78 is 61.0. The summed E-state index contributed by atoms with van der Waals surface area (Å²) in [5.74, 6) is -3.74. The molecule has 1 aromatic heterocycles. The standard InChI is InChI=1S/C15H9Cl2F4NO4/c1-6(15(19,20)21)25-13-10(17)2-7(5-22-13)26-12-4-11(18)8(14(23)24)3-9(12)16/h2-6H,1H3,(H,23,24)/p-1/t6-/m0/s1. The van der Waals surface area contributed by atoms with E-state index in [1.165, 1.54) is 0 Å². The lowest BCUT2D eigenvalue weighted by molar-refractivity contribution is -0.255. The first kappa shape index (κ1) is 20.1. The van der Waals surface area contributed by atoms with Gasteiger partial charge in [0.1, 0.15) is 22.3 Å². The summed E-state index contributed by atoms with van der Waals surface area (Å²) in [5, 5.41) is 10.2. The molecule has 1 aromatic carbocycles. The van der Waals surface area contributed by atoms with Crippen molar-refractivity contribution in [3.05, 3.63) is 45.8 Å². The Morgan fingerprint density at radius 1 is 1.23 bits per heavy atom. The average Bonchev–Trinajstić information content (AvgIpc) is 2.51. The van der Waals surface area contributed by atoms with Gasteiger partial charge in [0.05, 0.1) is 17.2 Å². The summed E-state index contributed by atoms with van der Waals surface area (Å²) in [6.07, 6.45) is -5.77. The number of halogens is 6. The number of pyridine rings is 1. The maximum Gasteiger partial charge on any atom is 0.425 e. The van der Waals surface area contributed by atoms with Gasteiger partial charge in [-0.3, -0.25) is 0 Å². The van der Waals surface area contributed by atoms with Gasteiger partial charge in [0.2, 0.25) is 5.88 Å². The molecule has 0 aliphatic carbocycles. The molecule has 0 fully saturated rings. The van der Waals surface area contributed by atoms with E-state index in [1.54, 1.807) is 0 Å². The predicted octanol–water partition coefficient (Wildman–Crippen LogP) is 4.01. The van der Waals surface area contributed by atoms with Crippen molar-refractivity contribution in [3.8, 4) is 17.4 Å². The normalized spacial score (nSPS) is 12.6. The Bertz CT molecular complexity index is 845. The van der Waals surface area contributed by atoms with E-state index < -0.39 is 35.5 Å². The second-order valence-corrected chi connectivity index (χ2v) is 5.73. The van der Waals surface area contributed by atoms with Crippen LogP contribution in [0.1, 0.15) is 17.3 Å². The highest BCUT2D eigenvalue weighted by Crippen LogP contribution is 2.35. The Balaban J connectivity index is 2.23. The molecule has 11 heteroatoms. The van der Waals surface area contributed by atoms with Crippen molar-refractivity contribution >= 4 is 29.2 Å². The van der Waals surface area contributed by atoms with Crippen LogP contribution in [0.3, 0.4) is 0 Å². The van der Waals surface area contributed by atoms with Crippen LogP contribution in [0, 0.1) is 5.82 Å². The van der Waals surface area contributed by atoms with Crippen LogP contribution in [-0.4, -0.2) is 23.2 Å². The van der Waals surface area contributed by atoms with E-state index in [0.29, 0.717) is 6.07 Å². The molecule has 5 nitrogen and oxygen atoms in total. The third kappa shape index (κ3) is 4.67. The number of benzene rings is 1. The van der Waals surface area contributed by atoms with Crippen LogP contribution in [0.15, 0.2) is 24.4 Å². The zero-order valence-corrected chi connectivity index (χ0v) is 14.2. The van der Waals surface area contributed by atoms with Crippen molar-refractivity contribution in [2.45, 2.75) is 19.2 Å². The molecule has 1 heterocycles. The molecule has 0 saturated heterocycles. The first-order valence-electron chi connectivity index (χ1n) is 6.76. The van der Waals surface area contributed by atoms with E-state index in [4.69, 9.17) is 27.9 Å². The lowest BCUT2D eigenvalue weighted by Gasteiger charge is -2.18. The fourth-order valence-electron chi connectivity index (χ4n) is 1.67. The first-order chi connectivity index (χ1) is 12.0. The lowest BCUT2D eigenvalue weighted by Crippen LogP contribution is -2.31. The van der Waals surface area contributed by atoms with Crippen LogP contribution in [0.4, 0.5) is 17.6 Å². The molecule has 0 bridgehead atoms. The van der Waals surface area contributed by atoms with Crippen molar-refractivity contribution in [3.63, 3.8) is 0 Å². The Labute approximate surface area is 154 Å². The van der Waals surface area contributed by atoms with Gasteiger partial charge in [0.25, 0.3) is 0 Å². The largest absolute Gasteiger partial charge is 0.545 e. The highest BCUT2D eigenvalue weighted by Gasteiger charge is 2.38. The topological polar surface area (TPSA) is 71.5 Å². The van der Waals surface area contributed by atoms with Gasteiger partial charge < -0.3 is 19.4 Å². The molecular formula is C15H8Cl2F4NO4-. The molecular weight excluding hydrogens is 405 g/mol. The number of carbonyl (C=O) groups excluding carboxylic acids is 1. The first-order valence-corrected chi connectivity index (χ1v) is 7.51. The number of rotatable bonds is 5. The van der Waals surface area contributed by atoms with Gasteiger partial charge in [-0.05, 0) is 13.0 Å². The van der Waals surface area contributed by atoms with E-state index >= 15 is 0 Å². The summed E-state index contributed by atoms with van der Waals surface area (Å²) >= 11 is 11.6. The van der Waals surface area contributed by atoms with Crippen molar-refractivity contribution in [1.29, 1.82) is 0 Å². The highest BCUT2D eigenvalue weighted by molar-refractivity contribution is 6.32. The van der Waals surface area contributed by atoms with Crippen LogP contribution in [0.5, 0.6) is 17.4 Å². The number of carboxylic acids is 1. The molecule has 0 amide bonds. The number of aromatic carboxylic acids is 1. The predicted molar refractivity (Wildman–Crippen MR) is 81.2 cm³/mol. The number of aromatic nitrogens is 1. The molecule has 0 aliphatic heterocycles. The maximum absolute atomic E-state index is 13.7. The van der Waals surface area contributed by atoms with Gasteiger partial charge in [0.15, 0.2) is 6.10 Å². The SMILES string of the molecule is C[C@H](Oc1ncc(Oc2cc(F)c(C(=O)[O-])cc2Cl)cc1Cl)C(F)(F)F. The van der Waals surface area contributed by atoms with Crippen molar-refractivity contribution in [2.24, 2.45) is 0 Å². The van der Waals surface area contributed by atoms with Gasteiger partial charge in [-0.1, -0.05) is 23.2 Å². The van der Waals surface area contributed by atoms with Crippen molar-refractivity contribution in [2.75, 3.05) is 0 Å². The monoisotopic (exact) mass is 412 g/mol. The molecule has 0 unspecified atom stereocenters. The molecule has 140 valence electrons.